The Balaban J connectivity index is 1.41. The molecular formula is C20H22N8O3. The number of aryl methyl sites for hydroxylation is 1. The summed E-state index contributed by atoms with van der Waals surface area (Å²) in [7, 11) is 0. The number of anilines is 4. The predicted octanol–water partition coefficient (Wildman–Crippen LogP) is 1.85. The minimum absolute atomic E-state index is 0.0339. The third-order valence-electron chi connectivity index (χ3n) is 5.56. The zero-order valence-electron chi connectivity index (χ0n) is 16.7. The van der Waals surface area contributed by atoms with E-state index in [1.807, 2.05) is 4.90 Å². The highest BCUT2D eigenvalue weighted by molar-refractivity contribution is 5.97. The molecule has 3 aromatic rings. The summed E-state index contributed by atoms with van der Waals surface area (Å²) in [4.78, 5) is 28.2. The zero-order valence-corrected chi connectivity index (χ0v) is 16.7. The lowest BCUT2D eigenvalue weighted by atomic mass is 10.2. The van der Waals surface area contributed by atoms with Gasteiger partial charge in [-0.25, -0.2) is 15.1 Å². The van der Waals surface area contributed by atoms with Gasteiger partial charge in [0.1, 0.15) is 11.9 Å². The van der Waals surface area contributed by atoms with Crippen molar-refractivity contribution >= 4 is 29.2 Å². The lowest BCUT2D eigenvalue weighted by Gasteiger charge is -2.25. The topological polar surface area (TPSA) is 152 Å². The monoisotopic (exact) mass is 422 g/mol. The van der Waals surface area contributed by atoms with Gasteiger partial charge in [0.15, 0.2) is 5.82 Å². The van der Waals surface area contributed by atoms with Crippen LogP contribution in [0.1, 0.15) is 30.5 Å². The van der Waals surface area contributed by atoms with Crippen LogP contribution in [-0.4, -0.2) is 53.9 Å². The van der Waals surface area contributed by atoms with E-state index in [1.54, 1.807) is 6.07 Å². The van der Waals surface area contributed by atoms with E-state index >= 15 is 0 Å². The van der Waals surface area contributed by atoms with Crippen molar-refractivity contribution in [3.05, 3.63) is 35.7 Å². The highest BCUT2D eigenvalue weighted by Crippen LogP contribution is 2.33. The Morgan fingerprint density at radius 1 is 1.19 bits per heavy atom. The average molecular weight is 422 g/mol. The first kappa shape index (κ1) is 19.1. The summed E-state index contributed by atoms with van der Waals surface area (Å²) in [6.45, 7) is 0.674. The Morgan fingerprint density at radius 3 is 2.87 bits per heavy atom. The molecule has 1 fully saturated rings. The standard InChI is InChI=1S/C20H22N8O3/c29-16-7-6-11(10-21-16)22-19(31)14-5-2-8-28(14)20-23-13-4-1-3-12(13)18(25-20)24-15-9-17(30)27-26-15/h6-7,9-10,14H,1-5,8H2,(H,21,29)(H,22,31)(H3,23,24,25,26,27,30). The number of aromatic hydroxyl groups is 2. The number of hydrogen-bond acceptors (Lipinski definition) is 9. The molecule has 0 saturated carbocycles. The number of rotatable bonds is 5. The number of pyridine rings is 1. The van der Waals surface area contributed by atoms with E-state index in [1.165, 1.54) is 18.3 Å². The van der Waals surface area contributed by atoms with Crippen LogP contribution in [0, 0.1) is 0 Å². The van der Waals surface area contributed by atoms with Gasteiger partial charge in [-0.05, 0) is 38.2 Å². The van der Waals surface area contributed by atoms with Gasteiger partial charge in [-0.2, -0.15) is 10.1 Å². The summed E-state index contributed by atoms with van der Waals surface area (Å²) in [5.74, 6) is 1.32. The van der Waals surface area contributed by atoms with Gasteiger partial charge in [-0.3, -0.25) is 4.79 Å². The van der Waals surface area contributed by atoms with Gasteiger partial charge >= 0.3 is 0 Å². The van der Waals surface area contributed by atoms with Crippen molar-refractivity contribution in [1.82, 2.24) is 25.1 Å². The molecule has 160 valence electrons. The Hall–Kier alpha value is -3.89. The third kappa shape index (κ3) is 3.81. The molecule has 31 heavy (non-hydrogen) atoms. The van der Waals surface area contributed by atoms with Crippen LogP contribution < -0.4 is 15.5 Å². The van der Waals surface area contributed by atoms with Crippen LogP contribution in [-0.2, 0) is 17.6 Å². The van der Waals surface area contributed by atoms with Crippen molar-refractivity contribution in [2.45, 2.75) is 38.1 Å². The van der Waals surface area contributed by atoms with E-state index in [4.69, 9.17) is 9.97 Å². The van der Waals surface area contributed by atoms with Crippen molar-refractivity contribution in [2.75, 3.05) is 22.1 Å². The Kier molecular flexibility index (Phi) is 4.77. The SMILES string of the molecule is O=C(Nc1ccc(O)nc1)C1CCCN1c1nc2c(c(Nc3cc(O)[nH]n3)n1)CCC2. The minimum Gasteiger partial charge on any atom is -0.494 e. The summed E-state index contributed by atoms with van der Waals surface area (Å²) in [6.07, 6.45) is 5.67. The van der Waals surface area contributed by atoms with E-state index in [-0.39, 0.29) is 17.7 Å². The Labute approximate surface area is 177 Å². The molecule has 0 bridgehead atoms. The molecule has 0 aromatic carbocycles. The quantitative estimate of drug-likeness (QED) is 0.415. The Morgan fingerprint density at radius 2 is 2.10 bits per heavy atom. The highest BCUT2D eigenvalue weighted by Gasteiger charge is 2.34. The molecular weight excluding hydrogens is 400 g/mol. The zero-order chi connectivity index (χ0) is 21.4. The van der Waals surface area contributed by atoms with Crippen LogP contribution in [0.4, 0.5) is 23.3 Å². The van der Waals surface area contributed by atoms with E-state index in [0.717, 1.165) is 36.9 Å². The van der Waals surface area contributed by atoms with Crippen molar-refractivity contribution in [3.63, 3.8) is 0 Å². The van der Waals surface area contributed by atoms with Gasteiger partial charge in [-0.1, -0.05) is 0 Å². The maximum atomic E-state index is 12.9. The van der Waals surface area contributed by atoms with Crippen LogP contribution in [0.15, 0.2) is 24.4 Å². The molecule has 1 unspecified atom stereocenters. The number of carbonyl (C=O) groups is 1. The molecule has 1 aliphatic carbocycles. The van der Waals surface area contributed by atoms with E-state index < -0.39 is 6.04 Å². The summed E-state index contributed by atoms with van der Waals surface area (Å²) in [5, 5.41) is 31.4. The molecule has 5 rings (SSSR count). The molecule has 2 aliphatic rings. The number of carbonyl (C=O) groups excluding carboxylic acids is 1. The molecule has 4 heterocycles. The van der Waals surface area contributed by atoms with Gasteiger partial charge in [-0.15, -0.1) is 0 Å². The normalized spacial score (nSPS) is 17.5. The van der Waals surface area contributed by atoms with Crippen molar-refractivity contribution in [2.24, 2.45) is 0 Å². The molecule has 11 nitrogen and oxygen atoms in total. The smallest absolute Gasteiger partial charge is 0.247 e. The lowest BCUT2D eigenvalue weighted by Crippen LogP contribution is -2.40. The maximum Gasteiger partial charge on any atom is 0.247 e. The van der Waals surface area contributed by atoms with Crippen LogP contribution >= 0.6 is 0 Å². The van der Waals surface area contributed by atoms with Gasteiger partial charge in [0.2, 0.25) is 23.6 Å². The molecule has 1 aliphatic heterocycles. The fourth-order valence-electron chi connectivity index (χ4n) is 4.11. The number of nitrogens with zero attached hydrogens (tertiary/aromatic N) is 5. The van der Waals surface area contributed by atoms with Crippen LogP contribution in [0.5, 0.6) is 11.8 Å². The summed E-state index contributed by atoms with van der Waals surface area (Å²) < 4.78 is 0. The summed E-state index contributed by atoms with van der Waals surface area (Å²) >= 11 is 0. The molecule has 0 spiro atoms. The Bertz CT molecular complexity index is 1110. The fraction of sp³-hybridized carbons (Fsp3) is 0.350. The van der Waals surface area contributed by atoms with Crippen LogP contribution in [0.2, 0.25) is 0 Å². The average Bonchev–Trinajstić information content (AvgIpc) is 3.50. The largest absolute Gasteiger partial charge is 0.494 e. The third-order valence-corrected chi connectivity index (χ3v) is 5.56. The summed E-state index contributed by atoms with van der Waals surface area (Å²) in [6, 6.07) is 4.11. The van der Waals surface area contributed by atoms with E-state index in [9.17, 15) is 15.0 Å². The second-order valence-corrected chi connectivity index (χ2v) is 7.66. The molecule has 1 amide bonds. The maximum absolute atomic E-state index is 12.9. The molecule has 0 radical (unpaired) electrons. The molecule has 5 N–H and O–H groups in total. The highest BCUT2D eigenvalue weighted by atomic mass is 16.3. The van der Waals surface area contributed by atoms with Gasteiger partial charge in [0, 0.05) is 24.2 Å². The number of aromatic nitrogens is 5. The number of hydrogen-bond donors (Lipinski definition) is 5. The number of H-pyrrole nitrogens is 1. The van der Waals surface area contributed by atoms with Crippen LogP contribution in [0.25, 0.3) is 0 Å². The van der Waals surface area contributed by atoms with Crippen molar-refractivity contribution < 1.29 is 15.0 Å². The fourth-order valence-corrected chi connectivity index (χ4v) is 4.11. The second-order valence-electron chi connectivity index (χ2n) is 7.66. The molecule has 1 atom stereocenters. The number of nitrogens with one attached hydrogen (secondary N) is 3. The predicted molar refractivity (Wildman–Crippen MR) is 112 cm³/mol. The first-order valence-electron chi connectivity index (χ1n) is 10.2. The summed E-state index contributed by atoms with van der Waals surface area (Å²) in [5.41, 5.74) is 2.54. The van der Waals surface area contributed by atoms with Crippen LogP contribution in [0.3, 0.4) is 0 Å². The number of fused-ring (bicyclic) bond motifs is 1. The van der Waals surface area contributed by atoms with Crippen molar-refractivity contribution in [3.8, 4) is 11.8 Å². The second kappa shape index (κ2) is 7.74. The first-order valence-corrected chi connectivity index (χ1v) is 10.2. The number of amides is 1. The molecule has 1 saturated heterocycles. The first-order chi connectivity index (χ1) is 15.1. The van der Waals surface area contributed by atoms with E-state index in [2.05, 4.69) is 25.8 Å². The van der Waals surface area contributed by atoms with Gasteiger partial charge < -0.3 is 25.7 Å². The lowest BCUT2D eigenvalue weighted by molar-refractivity contribution is -0.117. The number of aromatic amines is 1. The van der Waals surface area contributed by atoms with E-state index in [0.29, 0.717) is 36.2 Å². The van der Waals surface area contributed by atoms with Gasteiger partial charge in [0.25, 0.3) is 0 Å². The minimum atomic E-state index is -0.407. The molecule has 11 heteroatoms. The molecule has 3 aromatic heterocycles. The van der Waals surface area contributed by atoms with Gasteiger partial charge in [0.05, 0.1) is 17.6 Å². The van der Waals surface area contributed by atoms with Crippen molar-refractivity contribution in [1.29, 1.82) is 0 Å².